The number of likely N-dealkylation sites (tertiary alicyclic amines) is 1. The lowest BCUT2D eigenvalue weighted by atomic mass is 9.87. The molecule has 1 saturated heterocycles. The average molecular weight is 229 g/mol. The number of nitrogens with zero attached hydrogens (tertiary/aromatic N) is 1. The standard InChI is InChI=1S/C13H27NO2/c1-13(2,3)11-12-5-4-6-14(12)7-9-16-10-8-15/h12,15H,4-11H2,1-3H3. The maximum Gasteiger partial charge on any atom is 0.0698 e. The minimum atomic E-state index is 0.130. The zero-order valence-corrected chi connectivity index (χ0v) is 11.0. The van der Waals surface area contributed by atoms with Crippen molar-refractivity contribution < 1.29 is 9.84 Å². The zero-order valence-electron chi connectivity index (χ0n) is 11.0. The maximum absolute atomic E-state index is 8.62. The summed E-state index contributed by atoms with van der Waals surface area (Å²) in [5, 5.41) is 8.62. The molecule has 0 amide bonds. The molecule has 0 aliphatic carbocycles. The first-order valence-electron chi connectivity index (χ1n) is 6.45. The van der Waals surface area contributed by atoms with Crippen LogP contribution in [0.15, 0.2) is 0 Å². The Bertz CT molecular complexity index is 189. The fourth-order valence-electron chi connectivity index (χ4n) is 2.48. The Balaban J connectivity index is 2.24. The molecule has 0 bridgehead atoms. The van der Waals surface area contributed by atoms with Gasteiger partial charge in [-0.1, -0.05) is 20.8 Å². The highest BCUT2D eigenvalue weighted by Gasteiger charge is 2.27. The molecule has 1 rings (SSSR count). The largest absolute Gasteiger partial charge is 0.394 e. The minimum Gasteiger partial charge on any atom is -0.394 e. The molecule has 1 N–H and O–H groups in total. The molecule has 1 unspecified atom stereocenters. The second-order valence-corrected chi connectivity index (χ2v) is 5.93. The van der Waals surface area contributed by atoms with E-state index in [1.807, 2.05) is 0 Å². The Labute approximate surface area is 99.8 Å². The quantitative estimate of drug-likeness (QED) is 0.706. The average Bonchev–Trinajstić information content (AvgIpc) is 2.58. The lowest BCUT2D eigenvalue weighted by Crippen LogP contribution is -2.35. The number of hydrogen-bond donors (Lipinski definition) is 1. The monoisotopic (exact) mass is 229 g/mol. The van der Waals surface area contributed by atoms with Crippen molar-refractivity contribution in [2.24, 2.45) is 5.41 Å². The summed E-state index contributed by atoms with van der Waals surface area (Å²) >= 11 is 0. The number of hydrogen-bond acceptors (Lipinski definition) is 3. The Hall–Kier alpha value is -0.120. The fraction of sp³-hybridized carbons (Fsp3) is 1.00. The van der Waals surface area contributed by atoms with Gasteiger partial charge in [0.2, 0.25) is 0 Å². The molecule has 1 heterocycles. The van der Waals surface area contributed by atoms with Crippen LogP contribution in [0.4, 0.5) is 0 Å². The van der Waals surface area contributed by atoms with Gasteiger partial charge in [0, 0.05) is 12.6 Å². The van der Waals surface area contributed by atoms with Gasteiger partial charge in [-0.2, -0.15) is 0 Å². The molecule has 1 aliphatic heterocycles. The first-order chi connectivity index (χ1) is 7.53. The number of aliphatic hydroxyl groups is 1. The van der Waals surface area contributed by atoms with Gasteiger partial charge in [0.25, 0.3) is 0 Å². The van der Waals surface area contributed by atoms with Crippen LogP contribution in [0.5, 0.6) is 0 Å². The SMILES string of the molecule is CC(C)(C)CC1CCCN1CCOCCO. The van der Waals surface area contributed by atoms with Crippen molar-refractivity contribution in [1.29, 1.82) is 0 Å². The van der Waals surface area contributed by atoms with E-state index in [0.717, 1.165) is 19.2 Å². The van der Waals surface area contributed by atoms with Crippen LogP contribution in [0.2, 0.25) is 0 Å². The molecular formula is C13H27NO2. The molecule has 0 radical (unpaired) electrons. The smallest absolute Gasteiger partial charge is 0.0698 e. The number of aliphatic hydroxyl groups excluding tert-OH is 1. The van der Waals surface area contributed by atoms with Crippen LogP contribution in [0.25, 0.3) is 0 Å². The first kappa shape index (κ1) is 13.9. The van der Waals surface area contributed by atoms with Crippen LogP contribution < -0.4 is 0 Å². The first-order valence-corrected chi connectivity index (χ1v) is 6.45. The van der Waals surface area contributed by atoms with Crippen molar-refractivity contribution in [2.45, 2.75) is 46.1 Å². The third kappa shape index (κ3) is 5.28. The van der Waals surface area contributed by atoms with E-state index in [0.29, 0.717) is 12.0 Å². The van der Waals surface area contributed by atoms with E-state index in [1.54, 1.807) is 0 Å². The van der Waals surface area contributed by atoms with Gasteiger partial charge in [0.1, 0.15) is 0 Å². The van der Waals surface area contributed by atoms with Gasteiger partial charge in [0.05, 0.1) is 19.8 Å². The van der Waals surface area contributed by atoms with Gasteiger partial charge in [-0.15, -0.1) is 0 Å². The second-order valence-electron chi connectivity index (χ2n) is 5.93. The van der Waals surface area contributed by atoms with Gasteiger partial charge in [0.15, 0.2) is 0 Å². The van der Waals surface area contributed by atoms with Crippen molar-refractivity contribution >= 4 is 0 Å². The second kappa shape index (κ2) is 6.58. The van der Waals surface area contributed by atoms with Crippen LogP contribution >= 0.6 is 0 Å². The lowest BCUT2D eigenvalue weighted by molar-refractivity contribution is 0.0666. The normalized spacial score (nSPS) is 22.9. The molecule has 0 aromatic carbocycles. The topological polar surface area (TPSA) is 32.7 Å². The van der Waals surface area contributed by atoms with Gasteiger partial charge < -0.3 is 9.84 Å². The molecule has 0 aromatic rings. The molecule has 16 heavy (non-hydrogen) atoms. The highest BCUT2D eigenvalue weighted by molar-refractivity contribution is 4.82. The molecule has 0 aromatic heterocycles. The summed E-state index contributed by atoms with van der Waals surface area (Å²) in [5.41, 5.74) is 0.416. The van der Waals surface area contributed by atoms with Crippen molar-refractivity contribution in [2.75, 3.05) is 32.9 Å². The maximum atomic E-state index is 8.62. The Kier molecular flexibility index (Phi) is 5.73. The summed E-state index contributed by atoms with van der Waals surface area (Å²) in [7, 11) is 0. The minimum absolute atomic E-state index is 0.130. The van der Waals surface area contributed by atoms with E-state index in [2.05, 4.69) is 25.7 Å². The number of rotatable bonds is 6. The molecule has 1 fully saturated rings. The van der Waals surface area contributed by atoms with Crippen molar-refractivity contribution in [3.8, 4) is 0 Å². The molecule has 0 saturated carbocycles. The summed E-state index contributed by atoms with van der Waals surface area (Å²) in [6.07, 6.45) is 3.92. The zero-order chi connectivity index (χ0) is 12.0. The van der Waals surface area contributed by atoms with Gasteiger partial charge in [-0.05, 0) is 31.2 Å². The van der Waals surface area contributed by atoms with E-state index >= 15 is 0 Å². The van der Waals surface area contributed by atoms with E-state index in [1.165, 1.54) is 25.8 Å². The van der Waals surface area contributed by atoms with Crippen molar-refractivity contribution in [3.05, 3.63) is 0 Å². The summed E-state index contributed by atoms with van der Waals surface area (Å²) in [4.78, 5) is 2.54. The van der Waals surface area contributed by atoms with E-state index < -0.39 is 0 Å². The summed E-state index contributed by atoms with van der Waals surface area (Å²) < 4.78 is 5.33. The Morgan fingerprint density at radius 3 is 2.69 bits per heavy atom. The fourth-order valence-corrected chi connectivity index (χ4v) is 2.48. The van der Waals surface area contributed by atoms with Gasteiger partial charge >= 0.3 is 0 Å². The van der Waals surface area contributed by atoms with Crippen LogP contribution in [0.1, 0.15) is 40.0 Å². The third-order valence-corrected chi connectivity index (χ3v) is 3.11. The molecule has 1 aliphatic rings. The van der Waals surface area contributed by atoms with Crippen LogP contribution in [0.3, 0.4) is 0 Å². The van der Waals surface area contributed by atoms with Crippen LogP contribution in [-0.4, -0.2) is 49.0 Å². The molecule has 0 spiro atoms. The predicted molar refractivity (Wildman–Crippen MR) is 66.6 cm³/mol. The number of ether oxygens (including phenoxy) is 1. The highest BCUT2D eigenvalue weighted by atomic mass is 16.5. The molecule has 96 valence electrons. The summed E-state index contributed by atoms with van der Waals surface area (Å²) in [5.74, 6) is 0. The molecule has 1 atom stereocenters. The van der Waals surface area contributed by atoms with E-state index in [4.69, 9.17) is 9.84 Å². The van der Waals surface area contributed by atoms with Crippen molar-refractivity contribution in [1.82, 2.24) is 4.90 Å². The van der Waals surface area contributed by atoms with E-state index in [-0.39, 0.29) is 6.61 Å². The van der Waals surface area contributed by atoms with Crippen molar-refractivity contribution in [3.63, 3.8) is 0 Å². The van der Waals surface area contributed by atoms with Crippen LogP contribution in [-0.2, 0) is 4.74 Å². The third-order valence-electron chi connectivity index (χ3n) is 3.11. The molecular weight excluding hydrogens is 202 g/mol. The van der Waals surface area contributed by atoms with Gasteiger partial charge in [-0.3, -0.25) is 4.90 Å². The summed E-state index contributed by atoms with van der Waals surface area (Å²) in [6.45, 7) is 10.5. The molecule has 3 nitrogen and oxygen atoms in total. The van der Waals surface area contributed by atoms with Crippen LogP contribution in [0, 0.1) is 5.41 Å². The van der Waals surface area contributed by atoms with Gasteiger partial charge in [-0.25, -0.2) is 0 Å². The summed E-state index contributed by atoms with van der Waals surface area (Å²) in [6, 6.07) is 0.734. The lowest BCUT2D eigenvalue weighted by Gasteiger charge is -2.30. The Morgan fingerprint density at radius 2 is 2.06 bits per heavy atom. The predicted octanol–water partition coefficient (Wildman–Crippen LogP) is 1.90. The Morgan fingerprint density at radius 1 is 1.31 bits per heavy atom. The molecule has 3 heteroatoms. The highest BCUT2D eigenvalue weighted by Crippen LogP contribution is 2.29. The van der Waals surface area contributed by atoms with E-state index in [9.17, 15) is 0 Å².